The maximum atomic E-state index is 12.9. The molecule has 1 fully saturated rings. The third-order valence-corrected chi connectivity index (χ3v) is 4.07. The largest absolute Gasteiger partial charge is 0.394 e. The minimum absolute atomic E-state index is 0.0363. The predicted octanol–water partition coefficient (Wildman–Crippen LogP) is 2.80. The van der Waals surface area contributed by atoms with Gasteiger partial charge in [-0.25, -0.2) is 0 Å². The molecule has 0 aliphatic carbocycles. The summed E-state index contributed by atoms with van der Waals surface area (Å²) in [4.78, 5) is 14.7. The topological polar surface area (TPSA) is 52.6 Å². The summed E-state index contributed by atoms with van der Waals surface area (Å²) < 4.78 is 0. The second-order valence-corrected chi connectivity index (χ2v) is 5.81. The molecule has 21 heavy (non-hydrogen) atoms. The van der Waals surface area contributed by atoms with E-state index in [-0.39, 0.29) is 18.6 Å². The first kappa shape index (κ1) is 15.8. The van der Waals surface area contributed by atoms with Crippen molar-refractivity contribution in [2.75, 3.05) is 25.0 Å². The van der Waals surface area contributed by atoms with E-state index in [4.69, 9.17) is 0 Å². The molecule has 0 spiro atoms. The first-order valence-corrected chi connectivity index (χ1v) is 7.93. The van der Waals surface area contributed by atoms with E-state index in [0.29, 0.717) is 0 Å². The monoisotopic (exact) mass is 290 g/mol. The molecule has 0 bridgehead atoms. The van der Waals surface area contributed by atoms with Crippen molar-refractivity contribution in [1.82, 2.24) is 4.90 Å². The number of amides is 1. The summed E-state index contributed by atoms with van der Waals surface area (Å²) >= 11 is 0. The molecule has 1 aromatic carbocycles. The Labute approximate surface area is 127 Å². The fourth-order valence-corrected chi connectivity index (χ4v) is 2.86. The number of rotatable bonds is 5. The van der Waals surface area contributed by atoms with E-state index in [2.05, 4.69) is 12.2 Å². The van der Waals surface area contributed by atoms with Crippen LogP contribution in [0.1, 0.15) is 48.5 Å². The predicted molar refractivity (Wildman–Crippen MR) is 85.7 cm³/mol. The highest BCUT2D eigenvalue weighted by Gasteiger charge is 2.28. The minimum Gasteiger partial charge on any atom is -0.394 e. The van der Waals surface area contributed by atoms with Gasteiger partial charge in [0.25, 0.3) is 5.91 Å². The maximum absolute atomic E-state index is 12.9. The van der Waals surface area contributed by atoms with Gasteiger partial charge in [0.1, 0.15) is 0 Å². The lowest BCUT2D eigenvalue weighted by Gasteiger charge is -2.35. The van der Waals surface area contributed by atoms with E-state index in [1.54, 1.807) is 0 Å². The van der Waals surface area contributed by atoms with Gasteiger partial charge in [-0.3, -0.25) is 4.79 Å². The molecule has 2 rings (SSSR count). The molecule has 4 nitrogen and oxygen atoms in total. The third-order valence-electron chi connectivity index (χ3n) is 4.07. The second-order valence-electron chi connectivity index (χ2n) is 5.81. The van der Waals surface area contributed by atoms with Crippen LogP contribution in [0, 0.1) is 6.92 Å². The highest BCUT2D eigenvalue weighted by atomic mass is 16.3. The number of hydrogen-bond acceptors (Lipinski definition) is 3. The van der Waals surface area contributed by atoms with Gasteiger partial charge in [-0.15, -0.1) is 0 Å². The second kappa shape index (κ2) is 7.46. The number of benzene rings is 1. The van der Waals surface area contributed by atoms with Crippen molar-refractivity contribution in [3.63, 3.8) is 0 Å². The molecule has 1 unspecified atom stereocenters. The molecule has 0 saturated carbocycles. The van der Waals surface area contributed by atoms with Crippen molar-refractivity contribution in [1.29, 1.82) is 0 Å². The Hall–Kier alpha value is -1.55. The molecular weight excluding hydrogens is 264 g/mol. The molecule has 1 heterocycles. The lowest BCUT2D eigenvalue weighted by Crippen LogP contribution is -2.45. The lowest BCUT2D eigenvalue weighted by molar-refractivity contribution is 0.0504. The summed E-state index contributed by atoms with van der Waals surface area (Å²) in [6, 6.07) is 5.92. The normalized spacial score (nSPS) is 18.6. The van der Waals surface area contributed by atoms with E-state index in [9.17, 15) is 9.90 Å². The number of anilines is 1. The van der Waals surface area contributed by atoms with Gasteiger partial charge in [0.2, 0.25) is 0 Å². The van der Waals surface area contributed by atoms with Gasteiger partial charge in [-0.1, -0.05) is 18.6 Å². The van der Waals surface area contributed by atoms with Crippen LogP contribution in [0.25, 0.3) is 0 Å². The van der Waals surface area contributed by atoms with Crippen molar-refractivity contribution in [2.24, 2.45) is 0 Å². The molecule has 1 aliphatic rings. The fraction of sp³-hybridized carbons (Fsp3) is 0.588. The number of aliphatic hydroxyl groups is 1. The number of aliphatic hydroxyl groups excluding tert-OH is 1. The van der Waals surface area contributed by atoms with Crippen molar-refractivity contribution >= 4 is 11.6 Å². The highest BCUT2D eigenvalue weighted by Crippen LogP contribution is 2.24. The summed E-state index contributed by atoms with van der Waals surface area (Å²) in [5.74, 6) is 0.0380. The number of carbonyl (C=O) groups is 1. The van der Waals surface area contributed by atoms with Gasteiger partial charge in [0.05, 0.1) is 18.2 Å². The molecule has 0 aromatic heterocycles. The van der Waals surface area contributed by atoms with E-state index in [1.807, 2.05) is 30.0 Å². The lowest BCUT2D eigenvalue weighted by atomic mass is 10.00. The number of piperidine rings is 1. The van der Waals surface area contributed by atoms with Crippen LogP contribution in [0.3, 0.4) is 0 Å². The summed E-state index contributed by atoms with van der Waals surface area (Å²) in [7, 11) is 0. The van der Waals surface area contributed by atoms with Gasteiger partial charge in [-0.2, -0.15) is 0 Å². The minimum atomic E-state index is -0.0363. The van der Waals surface area contributed by atoms with Gasteiger partial charge >= 0.3 is 0 Å². The number of likely N-dealkylation sites (tertiary alicyclic amines) is 1. The molecule has 1 saturated heterocycles. The summed E-state index contributed by atoms with van der Waals surface area (Å²) in [5, 5.41) is 12.8. The summed E-state index contributed by atoms with van der Waals surface area (Å²) in [6.45, 7) is 5.75. The summed E-state index contributed by atoms with van der Waals surface area (Å²) in [5.41, 5.74) is 2.71. The SMILES string of the molecule is CCCNc1ccc(C)cc1C(=O)N1CCCCC1CO. The molecule has 1 atom stereocenters. The van der Waals surface area contributed by atoms with Crippen molar-refractivity contribution < 1.29 is 9.90 Å². The van der Waals surface area contributed by atoms with Gasteiger partial charge in [0, 0.05) is 18.8 Å². The van der Waals surface area contributed by atoms with Crippen molar-refractivity contribution in [3.8, 4) is 0 Å². The average Bonchev–Trinajstić information content (AvgIpc) is 2.53. The third kappa shape index (κ3) is 3.76. The maximum Gasteiger partial charge on any atom is 0.256 e. The Bertz CT molecular complexity index is 488. The van der Waals surface area contributed by atoms with Gasteiger partial charge in [-0.05, 0) is 44.7 Å². The van der Waals surface area contributed by atoms with Crippen LogP contribution in [-0.2, 0) is 0 Å². The zero-order chi connectivity index (χ0) is 15.2. The Morgan fingerprint density at radius 3 is 2.95 bits per heavy atom. The molecular formula is C17H26N2O2. The number of nitrogens with one attached hydrogen (secondary N) is 1. The van der Waals surface area contributed by atoms with Gasteiger partial charge < -0.3 is 15.3 Å². The summed E-state index contributed by atoms with van der Waals surface area (Å²) in [6.07, 6.45) is 4.02. The number of hydrogen-bond donors (Lipinski definition) is 2. The molecule has 4 heteroatoms. The molecule has 1 aliphatic heterocycles. The molecule has 1 amide bonds. The van der Waals surface area contributed by atoms with Crippen LogP contribution in [0.5, 0.6) is 0 Å². The van der Waals surface area contributed by atoms with Gasteiger partial charge in [0.15, 0.2) is 0 Å². The zero-order valence-electron chi connectivity index (χ0n) is 13.1. The van der Waals surface area contributed by atoms with E-state index in [1.165, 1.54) is 0 Å². The molecule has 0 radical (unpaired) electrons. The van der Waals surface area contributed by atoms with Crippen LogP contribution < -0.4 is 5.32 Å². The van der Waals surface area contributed by atoms with Crippen LogP contribution >= 0.6 is 0 Å². The Morgan fingerprint density at radius 2 is 2.24 bits per heavy atom. The standard InChI is InChI=1S/C17H26N2O2/c1-3-9-18-16-8-7-13(2)11-15(16)17(21)19-10-5-4-6-14(19)12-20/h7-8,11,14,18,20H,3-6,9-10,12H2,1-2H3. The van der Waals surface area contributed by atoms with E-state index >= 15 is 0 Å². The highest BCUT2D eigenvalue weighted by molar-refractivity contribution is 6.00. The first-order chi connectivity index (χ1) is 10.2. The van der Waals surface area contributed by atoms with Crippen molar-refractivity contribution in [2.45, 2.75) is 45.6 Å². The Kier molecular flexibility index (Phi) is 5.62. The molecule has 1 aromatic rings. The fourth-order valence-electron chi connectivity index (χ4n) is 2.86. The average molecular weight is 290 g/mol. The Morgan fingerprint density at radius 1 is 1.43 bits per heavy atom. The number of carbonyl (C=O) groups excluding carboxylic acids is 1. The zero-order valence-corrected chi connectivity index (χ0v) is 13.1. The van der Waals surface area contributed by atoms with Crippen LogP contribution in [0.2, 0.25) is 0 Å². The number of aryl methyl sites for hydroxylation is 1. The van der Waals surface area contributed by atoms with E-state index in [0.717, 1.165) is 55.6 Å². The molecule has 116 valence electrons. The quantitative estimate of drug-likeness (QED) is 0.876. The number of nitrogens with zero attached hydrogens (tertiary/aromatic N) is 1. The Balaban J connectivity index is 2.26. The van der Waals surface area contributed by atoms with Crippen LogP contribution in [-0.4, -0.2) is 41.7 Å². The van der Waals surface area contributed by atoms with Crippen LogP contribution in [0.4, 0.5) is 5.69 Å². The van der Waals surface area contributed by atoms with Crippen LogP contribution in [0.15, 0.2) is 18.2 Å². The smallest absolute Gasteiger partial charge is 0.256 e. The van der Waals surface area contributed by atoms with E-state index < -0.39 is 0 Å². The first-order valence-electron chi connectivity index (χ1n) is 7.93. The van der Waals surface area contributed by atoms with Crippen molar-refractivity contribution in [3.05, 3.63) is 29.3 Å². The molecule has 2 N–H and O–H groups in total.